The summed E-state index contributed by atoms with van der Waals surface area (Å²) in [5.41, 5.74) is 3.25. The number of aromatic nitrogens is 1. The van der Waals surface area contributed by atoms with Crippen molar-refractivity contribution in [1.29, 1.82) is 0 Å². The van der Waals surface area contributed by atoms with Crippen molar-refractivity contribution < 1.29 is 23.4 Å². The largest absolute Gasteiger partial charge is 0.494 e. The Morgan fingerprint density at radius 2 is 1.81 bits per heavy atom. The van der Waals surface area contributed by atoms with Crippen LogP contribution in [-0.2, 0) is 0 Å². The summed E-state index contributed by atoms with van der Waals surface area (Å²) in [4.78, 5) is 17.2. The molecule has 0 spiro atoms. The topological polar surface area (TPSA) is 82.8 Å². The van der Waals surface area contributed by atoms with Crippen molar-refractivity contribution in [2.45, 2.75) is 6.92 Å². The Hall–Kier alpha value is -4.00. The maximum atomic E-state index is 12.7. The molecule has 7 nitrogen and oxygen atoms in total. The van der Waals surface area contributed by atoms with Crippen molar-refractivity contribution in [3.63, 3.8) is 0 Å². The Kier molecular flexibility index (Phi) is 4.92. The van der Waals surface area contributed by atoms with Gasteiger partial charge in [-0.25, -0.2) is 4.98 Å². The van der Waals surface area contributed by atoms with Crippen molar-refractivity contribution in [3.05, 3.63) is 66.2 Å². The van der Waals surface area contributed by atoms with Gasteiger partial charge in [0.25, 0.3) is 5.91 Å². The van der Waals surface area contributed by atoms with Crippen LogP contribution in [0.2, 0.25) is 0 Å². The fraction of sp³-hybridized carbons (Fsp3) is 0.167. The number of anilines is 1. The van der Waals surface area contributed by atoms with Crippen molar-refractivity contribution >= 4 is 22.7 Å². The number of nitrogens with zero attached hydrogens (tertiary/aromatic N) is 1. The highest BCUT2D eigenvalue weighted by Crippen LogP contribution is 2.31. The van der Waals surface area contributed by atoms with Crippen LogP contribution in [0.4, 0.5) is 5.69 Å². The number of hydrogen-bond acceptors (Lipinski definition) is 6. The van der Waals surface area contributed by atoms with Gasteiger partial charge in [-0.15, -0.1) is 0 Å². The first-order chi connectivity index (χ1) is 15.2. The predicted molar refractivity (Wildman–Crippen MR) is 116 cm³/mol. The van der Waals surface area contributed by atoms with Gasteiger partial charge in [-0.1, -0.05) is 0 Å². The SMILES string of the molecule is CCOc1ccc(-c2nc3cc(NC(=O)c4ccc5c(c4)OCCO5)ccc3o2)cc1. The van der Waals surface area contributed by atoms with Crippen LogP contribution in [-0.4, -0.2) is 30.7 Å². The predicted octanol–water partition coefficient (Wildman–Crippen LogP) is 4.92. The lowest BCUT2D eigenvalue weighted by Crippen LogP contribution is -2.17. The van der Waals surface area contributed by atoms with E-state index < -0.39 is 0 Å². The Morgan fingerprint density at radius 3 is 2.61 bits per heavy atom. The highest BCUT2D eigenvalue weighted by atomic mass is 16.6. The first-order valence-electron chi connectivity index (χ1n) is 10.0. The van der Waals surface area contributed by atoms with E-state index in [2.05, 4.69) is 10.3 Å². The number of amides is 1. The van der Waals surface area contributed by atoms with Crippen molar-refractivity contribution in [2.75, 3.05) is 25.1 Å². The standard InChI is InChI=1S/C24H20N2O5/c1-2-28-18-7-3-15(4-8-18)24-26-19-14-17(6-10-20(19)31-24)25-23(27)16-5-9-21-22(13-16)30-12-11-29-21/h3-10,13-14H,2,11-12H2,1H3,(H,25,27). The summed E-state index contributed by atoms with van der Waals surface area (Å²) in [7, 11) is 0. The van der Waals surface area contributed by atoms with E-state index in [0.717, 1.165) is 11.3 Å². The van der Waals surface area contributed by atoms with Crippen LogP contribution in [0.15, 0.2) is 65.1 Å². The molecule has 0 saturated carbocycles. The summed E-state index contributed by atoms with van der Waals surface area (Å²) in [6.45, 7) is 3.54. The van der Waals surface area contributed by atoms with E-state index in [1.54, 1.807) is 36.4 Å². The summed E-state index contributed by atoms with van der Waals surface area (Å²) in [5.74, 6) is 2.28. The number of hydrogen-bond donors (Lipinski definition) is 1. The molecule has 0 saturated heterocycles. The van der Waals surface area contributed by atoms with Gasteiger partial charge < -0.3 is 23.9 Å². The van der Waals surface area contributed by atoms with E-state index >= 15 is 0 Å². The van der Waals surface area contributed by atoms with E-state index in [1.165, 1.54) is 0 Å². The molecule has 1 aliphatic rings. The molecule has 1 amide bonds. The van der Waals surface area contributed by atoms with Crippen LogP contribution < -0.4 is 19.5 Å². The maximum absolute atomic E-state index is 12.7. The molecule has 1 aliphatic heterocycles. The number of carbonyl (C=O) groups is 1. The van der Waals surface area contributed by atoms with Gasteiger partial charge in [0.1, 0.15) is 24.5 Å². The van der Waals surface area contributed by atoms with Gasteiger partial charge in [0.05, 0.1) is 6.61 Å². The number of rotatable bonds is 5. The molecule has 1 N–H and O–H groups in total. The van der Waals surface area contributed by atoms with Gasteiger partial charge in [0, 0.05) is 16.8 Å². The van der Waals surface area contributed by atoms with Crippen molar-refractivity contribution in [2.24, 2.45) is 0 Å². The molecule has 0 radical (unpaired) electrons. The van der Waals surface area contributed by atoms with Gasteiger partial charge in [-0.3, -0.25) is 4.79 Å². The second-order valence-corrected chi connectivity index (χ2v) is 6.97. The van der Waals surface area contributed by atoms with E-state index in [1.807, 2.05) is 31.2 Å². The lowest BCUT2D eigenvalue weighted by atomic mass is 10.1. The summed E-state index contributed by atoms with van der Waals surface area (Å²) >= 11 is 0. The molecule has 31 heavy (non-hydrogen) atoms. The minimum Gasteiger partial charge on any atom is -0.494 e. The number of fused-ring (bicyclic) bond motifs is 2. The fourth-order valence-corrected chi connectivity index (χ4v) is 3.38. The smallest absolute Gasteiger partial charge is 0.255 e. The number of benzene rings is 3. The number of carbonyl (C=O) groups excluding carboxylic acids is 1. The molecular formula is C24H20N2O5. The molecule has 7 heteroatoms. The molecule has 0 fully saturated rings. The number of ether oxygens (including phenoxy) is 3. The molecule has 2 heterocycles. The fourth-order valence-electron chi connectivity index (χ4n) is 3.38. The molecule has 4 aromatic rings. The minimum atomic E-state index is -0.244. The zero-order chi connectivity index (χ0) is 21.2. The average Bonchev–Trinajstić information content (AvgIpc) is 3.23. The number of nitrogens with one attached hydrogen (secondary N) is 1. The monoisotopic (exact) mass is 416 g/mol. The first-order valence-corrected chi connectivity index (χ1v) is 10.0. The quantitative estimate of drug-likeness (QED) is 0.497. The van der Waals surface area contributed by atoms with Gasteiger partial charge >= 0.3 is 0 Å². The minimum absolute atomic E-state index is 0.244. The summed E-state index contributed by atoms with van der Waals surface area (Å²) in [5, 5.41) is 2.89. The molecular weight excluding hydrogens is 396 g/mol. The van der Waals surface area contributed by atoms with Crippen LogP contribution in [0.5, 0.6) is 17.2 Å². The summed E-state index contributed by atoms with van der Waals surface area (Å²) in [6.07, 6.45) is 0. The maximum Gasteiger partial charge on any atom is 0.255 e. The highest BCUT2D eigenvalue weighted by molar-refractivity contribution is 6.05. The summed E-state index contributed by atoms with van der Waals surface area (Å²) < 4.78 is 22.4. The zero-order valence-corrected chi connectivity index (χ0v) is 16.9. The molecule has 0 atom stereocenters. The Bertz CT molecular complexity index is 1250. The average molecular weight is 416 g/mol. The lowest BCUT2D eigenvalue weighted by molar-refractivity contribution is 0.102. The molecule has 0 unspecified atom stereocenters. The third-order valence-electron chi connectivity index (χ3n) is 4.86. The van der Waals surface area contributed by atoms with Gasteiger partial charge in [-0.05, 0) is 67.6 Å². The lowest BCUT2D eigenvalue weighted by Gasteiger charge is -2.18. The van der Waals surface area contributed by atoms with Crippen LogP contribution in [0, 0.1) is 0 Å². The molecule has 3 aromatic carbocycles. The Balaban J connectivity index is 1.35. The number of oxazole rings is 1. The van der Waals surface area contributed by atoms with Gasteiger partial charge in [0.15, 0.2) is 17.1 Å². The van der Waals surface area contributed by atoms with Gasteiger partial charge in [0.2, 0.25) is 5.89 Å². The normalized spacial score (nSPS) is 12.5. The van der Waals surface area contributed by atoms with Gasteiger partial charge in [-0.2, -0.15) is 0 Å². The van der Waals surface area contributed by atoms with E-state index in [0.29, 0.717) is 59.6 Å². The molecule has 5 rings (SSSR count). The Morgan fingerprint density at radius 1 is 1.00 bits per heavy atom. The van der Waals surface area contributed by atoms with E-state index in [9.17, 15) is 4.79 Å². The van der Waals surface area contributed by atoms with E-state index in [-0.39, 0.29) is 5.91 Å². The highest BCUT2D eigenvalue weighted by Gasteiger charge is 2.16. The van der Waals surface area contributed by atoms with Crippen LogP contribution in [0.1, 0.15) is 17.3 Å². The molecule has 0 aliphatic carbocycles. The molecule has 156 valence electrons. The zero-order valence-electron chi connectivity index (χ0n) is 16.9. The first kappa shape index (κ1) is 19.0. The third-order valence-corrected chi connectivity index (χ3v) is 4.86. The van der Waals surface area contributed by atoms with Crippen LogP contribution in [0.3, 0.4) is 0 Å². The van der Waals surface area contributed by atoms with E-state index in [4.69, 9.17) is 18.6 Å². The molecule has 1 aromatic heterocycles. The van der Waals surface area contributed by atoms with Crippen molar-refractivity contribution in [1.82, 2.24) is 4.98 Å². The second kappa shape index (κ2) is 8.02. The Labute approximate surface area is 178 Å². The van der Waals surface area contributed by atoms with Crippen molar-refractivity contribution in [3.8, 4) is 28.7 Å². The second-order valence-electron chi connectivity index (χ2n) is 6.97. The summed E-state index contributed by atoms with van der Waals surface area (Å²) in [6, 6.07) is 18.1. The third kappa shape index (κ3) is 3.90. The van der Waals surface area contributed by atoms with Crippen LogP contribution >= 0.6 is 0 Å². The molecule has 0 bridgehead atoms. The van der Waals surface area contributed by atoms with Crippen LogP contribution in [0.25, 0.3) is 22.6 Å².